The van der Waals surface area contributed by atoms with Gasteiger partial charge in [0, 0.05) is 9.13 Å². The number of anilines is 1. The second-order valence-electron chi connectivity index (χ2n) is 5.41. The van der Waals surface area contributed by atoms with Crippen LogP contribution in [0.1, 0.15) is 5.56 Å². The van der Waals surface area contributed by atoms with Gasteiger partial charge in [0.15, 0.2) is 0 Å². The van der Waals surface area contributed by atoms with Gasteiger partial charge < -0.3 is 9.73 Å². The summed E-state index contributed by atoms with van der Waals surface area (Å²) in [6, 6.07) is 10.1. The Kier molecular flexibility index (Phi) is 6.50. The van der Waals surface area contributed by atoms with Gasteiger partial charge in [-0.1, -0.05) is 23.4 Å². The summed E-state index contributed by atoms with van der Waals surface area (Å²) in [5.41, 5.74) is -0.286. The molecule has 3 rings (SSSR count). The highest BCUT2D eigenvalue weighted by molar-refractivity contribution is 14.1. The van der Waals surface area contributed by atoms with E-state index in [4.69, 9.17) is 16.0 Å². The molecular weight excluding hydrogens is 530 g/mol. The minimum atomic E-state index is -4.53. The fraction of sp³-hybridized carbons (Fsp3) is 0.118. The van der Waals surface area contributed by atoms with Gasteiger partial charge in [0.1, 0.15) is 0 Å². The molecule has 0 radical (unpaired) electrons. The van der Waals surface area contributed by atoms with E-state index in [-0.39, 0.29) is 21.7 Å². The lowest BCUT2D eigenvalue weighted by Crippen LogP contribution is -2.15. The molecule has 11 heteroatoms. The monoisotopic (exact) mass is 539 g/mol. The lowest BCUT2D eigenvalue weighted by molar-refractivity contribution is -0.137. The van der Waals surface area contributed by atoms with Crippen molar-refractivity contribution in [3.8, 4) is 11.5 Å². The molecule has 5 nitrogen and oxygen atoms in total. The Bertz CT molecular complexity index is 996. The molecule has 0 bridgehead atoms. The average molecular weight is 540 g/mol. The molecule has 28 heavy (non-hydrogen) atoms. The normalized spacial score (nSPS) is 11.5. The van der Waals surface area contributed by atoms with Crippen LogP contribution in [0.4, 0.5) is 18.9 Å². The summed E-state index contributed by atoms with van der Waals surface area (Å²) in [4.78, 5) is 12.1. The molecule has 0 unspecified atom stereocenters. The number of halogens is 5. The third-order valence-electron chi connectivity index (χ3n) is 3.39. The van der Waals surface area contributed by atoms with E-state index < -0.39 is 17.6 Å². The maximum absolute atomic E-state index is 12.8. The highest BCUT2D eigenvalue weighted by Crippen LogP contribution is 2.34. The molecule has 1 aromatic heterocycles. The standard InChI is InChI=1S/C17H10ClF3IN3O2S/c18-12-6-3-10(17(19,20)21)7-13(12)23-14(26)8-28-16-25-24-15(27-16)9-1-4-11(22)5-2-9/h1-7H,8H2,(H,23,26). The van der Waals surface area contributed by atoms with Crippen LogP contribution in [0.15, 0.2) is 52.1 Å². The third kappa shape index (κ3) is 5.39. The first-order valence-electron chi connectivity index (χ1n) is 7.61. The molecular formula is C17H10ClF3IN3O2S. The maximum atomic E-state index is 12.8. The average Bonchev–Trinajstić information content (AvgIpc) is 3.10. The van der Waals surface area contributed by atoms with Crippen LogP contribution in [0.5, 0.6) is 0 Å². The molecule has 3 aromatic rings. The van der Waals surface area contributed by atoms with Crippen molar-refractivity contribution in [1.29, 1.82) is 0 Å². The lowest BCUT2D eigenvalue weighted by atomic mass is 10.2. The number of alkyl halides is 3. The Balaban J connectivity index is 1.61. The lowest BCUT2D eigenvalue weighted by Gasteiger charge is -2.11. The molecule has 0 saturated heterocycles. The van der Waals surface area contributed by atoms with Crippen LogP contribution in [0.25, 0.3) is 11.5 Å². The Morgan fingerprint density at radius 1 is 1.18 bits per heavy atom. The van der Waals surface area contributed by atoms with Crippen LogP contribution >= 0.6 is 46.0 Å². The first kappa shape index (κ1) is 20.9. The van der Waals surface area contributed by atoms with Crippen LogP contribution in [0, 0.1) is 3.57 Å². The highest BCUT2D eigenvalue weighted by Gasteiger charge is 2.31. The van der Waals surface area contributed by atoms with Gasteiger partial charge in [-0.25, -0.2) is 0 Å². The zero-order chi connectivity index (χ0) is 20.3. The Morgan fingerprint density at radius 2 is 1.89 bits per heavy atom. The van der Waals surface area contributed by atoms with Crippen molar-refractivity contribution in [2.45, 2.75) is 11.4 Å². The number of thioether (sulfide) groups is 1. The van der Waals surface area contributed by atoms with Crippen molar-refractivity contribution in [3.63, 3.8) is 0 Å². The first-order chi connectivity index (χ1) is 13.2. The molecule has 2 aromatic carbocycles. The number of rotatable bonds is 5. The minimum Gasteiger partial charge on any atom is -0.411 e. The van der Waals surface area contributed by atoms with E-state index in [9.17, 15) is 18.0 Å². The third-order valence-corrected chi connectivity index (χ3v) is 5.26. The molecule has 146 valence electrons. The van der Waals surface area contributed by atoms with Crippen LogP contribution in [0.2, 0.25) is 5.02 Å². The zero-order valence-corrected chi connectivity index (χ0v) is 17.5. The Hall–Kier alpha value is -1.79. The fourth-order valence-electron chi connectivity index (χ4n) is 2.09. The zero-order valence-electron chi connectivity index (χ0n) is 13.8. The van der Waals surface area contributed by atoms with Gasteiger partial charge in [-0.15, -0.1) is 10.2 Å². The topological polar surface area (TPSA) is 68.0 Å². The van der Waals surface area contributed by atoms with Crippen LogP contribution in [0.3, 0.4) is 0 Å². The van der Waals surface area contributed by atoms with Crippen molar-refractivity contribution in [1.82, 2.24) is 10.2 Å². The number of hydrogen-bond donors (Lipinski definition) is 1. The molecule has 0 atom stereocenters. The molecule has 0 aliphatic rings. The van der Waals surface area contributed by atoms with E-state index in [2.05, 4.69) is 38.1 Å². The molecule has 0 aliphatic heterocycles. The van der Waals surface area contributed by atoms with Crippen molar-refractivity contribution < 1.29 is 22.4 Å². The van der Waals surface area contributed by atoms with Crippen molar-refractivity contribution in [2.75, 3.05) is 11.1 Å². The number of nitrogens with one attached hydrogen (secondary N) is 1. The number of carbonyl (C=O) groups excluding carboxylic acids is 1. The fourth-order valence-corrected chi connectivity index (χ4v) is 3.18. The molecule has 1 N–H and O–H groups in total. The molecule has 1 amide bonds. The van der Waals surface area contributed by atoms with E-state index in [0.717, 1.165) is 39.1 Å². The van der Waals surface area contributed by atoms with E-state index in [1.807, 2.05) is 24.3 Å². The number of benzene rings is 2. The summed E-state index contributed by atoms with van der Waals surface area (Å²) in [5, 5.41) is 10.3. The summed E-state index contributed by atoms with van der Waals surface area (Å²) >= 11 is 8.99. The second-order valence-corrected chi connectivity index (χ2v) is 7.99. The largest absolute Gasteiger partial charge is 0.416 e. The van der Waals surface area contributed by atoms with Gasteiger partial charge >= 0.3 is 6.18 Å². The summed E-state index contributed by atoms with van der Waals surface area (Å²) < 4.78 is 44.9. The number of nitrogens with zero attached hydrogens (tertiary/aromatic N) is 2. The van der Waals surface area contributed by atoms with Crippen molar-refractivity contribution in [2.24, 2.45) is 0 Å². The summed E-state index contributed by atoms with van der Waals surface area (Å²) in [6.07, 6.45) is -4.53. The van der Waals surface area contributed by atoms with Gasteiger partial charge in [0.25, 0.3) is 5.22 Å². The van der Waals surface area contributed by atoms with Crippen LogP contribution in [-0.2, 0) is 11.0 Å². The van der Waals surface area contributed by atoms with E-state index in [0.29, 0.717) is 5.89 Å². The SMILES string of the molecule is O=C(CSc1nnc(-c2ccc(I)cc2)o1)Nc1cc(C(F)(F)F)ccc1Cl. The van der Waals surface area contributed by atoms with Gasteiger partial charge in [-0.2, -0.15) is 13.2 Å². The molecule has 0 fully saturated rings. The minimum absolute atomic E-state index is 0.00476. The molecule has 0 aliphatic carbocycles. The second kappa shape index (κ2) is 8.70. The number of hydrogen-bond acceptors (Lipinski definition) is 5. The quantitative estimate of drug-likeness (QED) is 0.331. The Morgan fingerprint density at radius 3 is 2.57 bits per heavy atom. The number of carbonyl (C=O) groups is 1. The first-order valence-corrected chi connectivity index (χ1v) is 10.1. The highest BCUT2D eigenvalue weighted by atomic mass is 127. The van der Waals surface area contributed by atoms with E-state index in [1.165, 1.54) is 0 Å². The van der Waals surface area contributed by atoms with Gasteiger partial charge in [0.05, 0.1) is 22.0 Å². The predicted octanol–water partition coefficient (Wildman–Crippen LogP) is 5.74. The summed E-state index contributed by atoms with van der Waals surface area (Å²) in [7, 11) is 0. The van der Waals surface area contributed by atoms with Gasteiger partial charge in [-0.3, -0.25) is 4.79 Å². The van der Waals surface area contributed by atoms with E-state index >= 15 is 0 Å². The summed E-state index contributed by atoms with van der Waals surface area (Å²) in [6.45, 7) is 0. The molecule has 0 spiro atoms. The molecule has 1 heterocycles. The van der Waals surface area contributed by atoms with Crippen LogP contribution in [-0.4, -0.2) is 21.9 Å². The summed E-state index contributed by atoms with van der Waals surface area (Å²) in [5.74, 6) is -0.388. The maximum Gasteiger partial charge on any atom is 0.416 e. The van der Waals surface area contributed by atoms with Crippen molar-refractivity contribution >= 4 is 57.5 Å². The number of amides is 1. The van der Waals surface area contributed by atoms with Crippen LogP contribution < -0.4 is 5.32 Å². The predicted molar refractivity (Wildman–Crippen MR) is 108 cm³/mol. The van der Waals surface area contributed by atoms with Gasteiger partial charge in [0.2, 0.25) is 11.8 Å². The Labute approximate surface area is 180 Å². The smallest absolute Gasteiger partial charge is 0.411 e. The van der Waals surface area contributed by atoms with E-state index in [1.54, 1.807) is 0 Å². The van der Waals surface area contributed by atoms with Crippen molar-refractivity contribution in [3.05, 3.63) is 56.6 Å². The number of aromatic nitrogens is 2. The van der Waals surface area contributed by atoms with Gasteiger partial charge in [-0.05, 0) is 65.1 Å². The molecule has 0 saturated carbocycles.